The van der Waals surface area contributed by atoms with Crippen molar-refractivity contribution in [2.45, 2.75) is 16.5 Å². The Hall–Kier alpha value is -3.36. The molecule has 0 amide bonds. The highest BCUT2D eigenvalue weighted by Crippen LogP contribution is 2.33. The van der Waals surface area contributed by atoms with Gasteiger partial charge in [0.05, 0.1) is 12.0 Å². The Balaban J connectivity index is 1.74. The summed E-state index contributed by atoms with van der Waals surface area (Å²) in [4.78, 5) is 4.31. The molecule has 1 N–H and O–H groups in total. The van der Waals surface area contributed by atoms with Crippen LogP contribution in [-0.4, -0.2) is 20.5 Å². The smallest absolute Gasteiger partial charge is 0.234 e. The molecule has 0 aliphatic rings. The van der Waals surface area contributed by atoms with E-state index < -0.39 is 9.84 Å². The molecule has 32 heavy (non-hydrogen) atoms. The summed E-state index contributed by atoms with van der Waals surface area (Å²) in [5, 5.41) is 3.13. The van der Waals surface area contributed by atoms with E-state index >= 15 is 0 Å². The van der Waals surface area contributed by atoms with Gasteiger partial charge in [0.2, 0.25) is 26.6 Å². The Labute approximate surface area is 189 Å². The number of nitrogens with one attached hydrogen (secondary N) is 1. The molecule has 164 valence electrons. The fourth-order valence-electron chi connectivity index (χ4n) is 2.97. The highest BCUT2D eigenvalue weighted by molar-refractivity contribution is 7.91. The van der Waals surface area contributed by atoms with Gasteiger partial charge in [-0.15, -0.1) is 0 Å². The second kappa shape index (κ2) is 9.02. The van der Waals surface area contributed by atoms with Crippen LogP contribution in [0.15, 0.2) is 87.1 Å². The van der Waals surface area contributed by atoms with Gasteiger partial charge in [0.1, 0.15) is 11.6 Å². The highest BCUT2D eigenvalue weighted by atomic mass is 35.5. The molecule has 0 saturated heterocycles. The lowest BCUT2D eigenvalue weighted by atomic mass is 10.2. The molecule has 0 bridgehead atoms. The van der Waals surface area contributed by atoms with Gasteiger partial charge < -0.3 is 14.5 Å². The Morgan fingerprint density at radius 3 is 2.28 bits per heavy atom. The van der Waals surface area contributed by atoms with E-state index in [1.54, 1.807) is 43.5 Å². The number of anilines is 1. The number of nitrogens with zero attached hydrogens (tertiary/aromatic N) is 1. The van der Waals surface area contributed by atoms with Gasteiger partial charge in [-0.1, -0.05) is 23.7 Å². The Kier molecular flexibility index (Phi) is 6.16. The van der Waals surface area contributed by atoms with Crippen molar-refractivity contribution in [3.05, 3.63) is 89.2 Å². The van der Waals surface area contributed by atoms with Gasteiger partial charge in [0.15, 0.2) is 0 Å². The molecule has 0 spiro atoms. The molecular formula is C23H18ClFN2O4S. The molecule has 3 aromatic carbocycles. The Bertz CT molecular complexity index is 1320. The summed E-state index contributed by atoms with van der Waals surface area (Å²) < 4.78 is 50.7. The SMILES string of the molecule is COc1ccc(-c2nc(S(=O)(=O)c3ccc(Cl)cc3)c(NCc3ccc(F)cc3)o2)cc1. The molecular weight excluding hydrogens is 455 g/mol. The average Bonchev–Trinajstić information content (AvgIpc) is 3.24. The minimum Gasteiger partial charge on any atom is -0.497 e. The van der Waals surface area contributed by atoms with Gasteiger partial charge in [-0.05, 0) is 66.2 Å². The molecule has 0 atom stereocenters. The Morgan fingerprint density at radius 1 is 1.00 bits per heavy atom. The lowest BCUT2D eigenvalue weighted by molar-refractivity contribution is 0.415. The van der Waals surface area contributed by atoms with Crippen LogP contribution < -0.4 is 10.1 Å². The predicted molar refractivity (Wildman–Crippen MR) is 119 cm³/mol. The molecule has 0 radical (unpaired) electrons. The Morgan fingerprint density at radius 2 is 1.66 bits per heavy atom. The molecule has 0 aliphatic carbocycles. The van der Waals surface area contributed by atoms with Crippen molar-refractivity contribution >= 4 is 27.3 Å². The van der Waals surface area contributed by atoms with Crippen molar-refractivity contribution in [1.29, 1.82) is 0 Å². The van der Waals surface area contributed by atoms with Gasteiger partial charge in [-0.3, -0.25) is 0 Å². The van der Waals surface area contributed by atoms with Crippen molar-refractivity contribution < 1.29 is 22.0 Å². The standard InChI is InChI=1S/C23H18ClFN2O4S/c1-30-19-10-4-16(5-11-19)21-27-23(32(28,29)20-12-6-17(24)7-13-20)22(31-21)26-14-15-2-8-18(25)9-3-15/h2-13,26H,14H2,1H3. The number of hydrogen-bond acceptors (Lipinski definition) is 6. The van der Waals surface area contributed by atoms with E-state index in [-0.39, 0.29) is 34.1 Å². The minimum absolute atomic E-state index is 0.0184. The second-order valence-corrected chi connectivity index (χ2v) is 9.12. The number of methoxy groups -OCH3 is 1. The van der Waals surface area contributed by atoms with Gasteiger partial charge in [0, 0.05) is 17.1 Å². The summed E-state index contributed by atoms with van der Waals surface area (Å²) >= 11 is 5.90. The van der Waals surface area contributed by atoms with Crippen LogP contribution in [0, 0.1) is 5.82 Å². The fraction of sp³-hybridized carbons (Fsp3) is 0.0870. The molecule has 0 fully saturated rings. The van der Waals surface area contributed by atoms with Crippen molar-refractivity contribution in [2.24, 2.45) is 0 Å². The summed E-state index contributed by atoms with van der Waals surface area (Å²) in [7, 11) is -2.46. The molecule has 4 aromatic rings. The normalized spacial score (nSPS) is 11.3. The summed E-state index contributed by atoms with van der Waals surface area (Å²) in [6, 6.07) is 18.5. The third-order valence-corrected chi connectivity index (χ3v) is 6.61. The zero-order valence-electron chi connectivity index (χ0n) is 16.9. The van der Waals surface area contributed by atoms with Crippen molar-refractivity contribution in [1.82, 2.24) is 4.98 Å². The van der Waals surface area contributed by atoms with Gasteiger partial charge in [-0.2, -0.15) is 4.98 Å². The highest BCUT2D eigenvalue weighted by Gasteiger charge is 2.28. The first-order valence-corrected chi connectivity index (χ1v) is 11.4. The molecule has 6 nitrogen and oxygen atoms in total. The predicted octanol–water partition coefficient (Wildman–Crippen LogP) is 5.59. The van der Waals surface area contributed by atoms with E-state index in [0.717, 1.165) is 5.56 Å². The first-order valence-electron chi connectivity index (χ1n) is 9.51. The first-order chi connectivity index (χ1) is 15.4. The zero-order valence-corrected chi connectivity index (χ0v) is 18.5. The lowest BCUT2D eigenvalue weighted by Crippen LogP contribution is -2.07. The minimum atomic E-state index is -4.01. The molecule has 4 rings (SSSR count). The van der Waals surface area contributed by atoms with Crippen molar-refractivity contribution in [2.75, 3.05) is 12.4 Å². The van der Waals surface area contributed by atoms with Gasteiger partial charge in [-0.25, -0.2) is 12.8 Å². The molecule has 1 aromatic heterocycles. The summed E-state index contributed by atoms with van der Waals surface area (Å²) in [6.07, 6.45) is 0. The summed E-state index contributed by atoms with van der Waals surface area (Å²) in [5.74, 6) is 0.391. The number of oxazole rings is 1. The van der Waals surface area contributed by atoms with Gasteiger partial charge >= 0.3 is 0 Å². The summed E-state index contributed by atoms with van der Waals surface area (Å²) in [5.41, 5.74) is 1.32. The van der Waals surface area contributed by atoms with E-state index in [9.17, 15) is 12.8 Å². The quantitative estimate of drug-likeness (QED) is 0.377. The number of halogens is 2. The molecule has 9 heteroatoms. The van der Waals surface area contributed by atoms with Crippen LogP contribution in [-0.2, 0) is 16.4 Å². The zero-order chi connectivity index (χ0) is 22.7. The number of sulfone groups is 1. The maximum Gasteiger partial charge on any atom is 0.234 e. The van der Waals surface area contributed by atoms with Crippen LogP contribution >= 0.6 is 11.6 Å². The number of hydrogen-bond donors (Lipinski definition) is 1. The molecule has 0 aliphatic heterocycles. The van der Waals surface area contributed by atoms with Crippen molar-refractivity contribution in [3.63, 3.8) is 0 Å². The maximum atomic E-state index is 13.3. The van der Waals surface area contributed by atoms with Gasteiger partial charge in [0.25, 0.3) is 0 Å². The summed E-state index contributed by atoms with van der Waals surface area (Å²) in [6.45, 7) is 0.209. The topological polar surface area (TPSA) is 81.4 Å². The average molecular weight is 473 g/mol. The molecule has 0 unspecified atom stereocenters. The number of benzene rings is 3. The van der Waals surface area contributed by atoms with E-state index in [2.05, 4.69) is 10.3 Å². The number of ether oxygens (including phenoxy) is 1. The van der Waals surface area contributed by atoms with Crippen LogP contribution in [0.1, 0.15) is 5.56 Å². The van der Waals surface area contributed by atoms with Crippen LogP contribution in [0.3, 0.4) is 0 Å². The monoisotopic (exact) mass is 472 g/mol. The van der Waals surface area contributed by atoms with Crippen LogP contribution in [0.5, 0.6) is 5.75 Å². The first kappa shape index (κ1) is 21.9. The number of aromatic nitrogens is 1. The van der Waals surface area contributed by atoms with E-state index in [1.807, 2.05) is 0 Å². The number of rotatable bonds is 7. The second-order valence-electron chi connectivity index (χ2n) is 6.82. The molecule has 0 saturated carbocycles. The van der Waals surface area contributed by atoms with Crippen LogP contribution in [0.2, 0.25) is 5.02 Å². The molecule has 1 heterocycles. The van der Waals surface area contributed by atoms with Crippen LogP contribution in [0.4, 0.5) is 10.3 Å². The van der Waals surface area contributed by atoms with E-state index in [0.29, 0.717) is 16.3 Å². The van der Waals surface area contributed by atoms with Crippen LogP contribution in [0.25, 0.3) is 11.5 Å². The third kappa shape index (κ3) is 4.61. The lowest BCUT2D eigenvalue weighted by Gasteiger charge is -2.06. The van der Waals surface area contributed by atoms with E-state index in [1.165, 1.54) is 36.4 Å². The third-order valence-electron chi connectivity index (χ3n) is 4.68. The largest absolute Gasteiger partial charge is 0.497 e. The maximum absolute atomic E-state index is 13.3. The fourth-order valence-corrected chi connectivity index (χ4v) is 4.37. The van der Waals surface area contributed by atoms with E-state index in [4.69, 9.17) is 20.8 Å². The van der Waals surface area contributed by atoms with Crippen molar-refractivity contribution in [3.8, 4) is 17.2 Å².